The summed E-state index contributed by atoms with van der Waals surface area (Å²) in [5.74, 6) is 1.56. The highest BCUT2D eigenvalue weighted by molar-refractivity contribution is 7.98. The summed E-state index contributed by atoms with van der Waals surface area (Å²) < 4.78 is 12.1. The molecule has 0 spiro atoms. The van der Waals surface area contributed by atoms with Crippen molar-refractivity contribution in [3.8, 4) is 11.5 Å². The number of hydrazone groups is 1. The first-order valence-electron chi connectivity index (χ1n) is 9.52. The number of fused-ring (bicyclic) bond motifs is 3. The molecule has 2 aromatic carbocycles. The standard InChI is InChI=1S/C23H21N3O2S/c1-27-21-7-3-6-18-20-13-19(16-5-4-12-24-14-16)25-26(20)23(28-22(18)21)15-8-10-17(29-2)11-9-15/h3-12,14,20,23H,13H2,1-2H3/t20-,23+/m1/s1. The lowest BCUT2D eigenvalue weighted by Crippen LogP contribution is -2.33. The molecule has 6 heteroatoms. The first-order valence-corrected chi connectivity index (χ1v) is 10.7. The maximum Gasteiger partial charge on any atom is 0.214 e. The van der Waals surface area contributed by atoms with E-state index >= 15 is 0 Å². The summed E-state index contributed by atoms with van der Waals surface area (Å²) in [7, 11) is 1.68. The Morgan fingerprint density at radius 3 is 2.69 bits per heavy atom. The molecule has 3 heterocycles. The number of nitrogens with zero attached hydrogens (tertiary/aromatic N) is 3. The lowest BCUT2D eigenvalue weighted by atomic mass is 9.96. The van der Waals surface area contributed by atoms with E-state index in [4.69, 9.17) is 14.6 Å². The van der Waals surface area contributed by atoms with Crippen molar-refractivity contribution in [3.63, 3.8) is 0 Å². The smallest absolute Gasteiger partial charge is 0.214 e. The summed E-state index contributed by atoms with van der Waals surface area (Å²) in [4.78, 5) is 5.48. The van der Waals surface area contributed by atoms with Crippen LogP contribution in [0.5, 0.6) is 11.5 Å². The number of thioether (sulfide) groups is 1. The third-order valence-corrected chi connectivity index (χ3v) is 6.14. The van der Waals surface area contributed by atoms with Crippen molar-refractivity contribution in [2.75, 3.05) is 13.4 Å². The predicted molar refractivity (Wildman–Crippen MR) is 115 cm³/mol. The normalized spacial score (nSPS) is 19.8. The molecule has 1 aromatic heterocycles. The Labute approximate surface area is 174 Å². The van der Waals surface area contributed by atoms with Gasteiger partial charge in [-0.15, -0.1) is 11.8 Å². The Kier molecular flexibility index (Phi) is 4.64. The van der Waals surface area contributed by atoms with Gasteiger partial charge in [0.05, 0.1) is 18.9 Å². The molecule has 0 fully saturated rings. The van der Waals surface area contributed by atoms with Gasteiger partial charge in [0.2, 0.25) is 6.23 Å². The van der Waals surface area contributed by atoms with Gasteiger partial charge in [0.1, 0.15) is 0 Å². The lowest BCUT2D eigenvalue weighted by Gasteiger charge is -2.38. The van der Waals surface area contributed by atoms with Crippen molar-refractivity contribution in [3.05, 3.63) is 83.7 Å². The predicted octanol–water partition coefficient (Wildman–Crippen LogP) is 5.05. The van der Waals surface area contributed by atoms with E-state index in [1.165, 1.54) is 4.90 Å². The maximum absolute atomic E-state index is 6.48. The number of hydrogen-bond acceptors (Lipinski definition) is 6. The summed E-state index contributed by atoms with van der Waals surface area (Å²) in [6.07, 6.45) is 6.22. The van der Waals surface area contributed by atoms with E-state index in [1.54, 1.807) is 25.1 Å². The van der Waals surface area contributed by atoms with Crippen LogP contribution in [0.3, 0.4) is 0 Å². The average Bonchev–Trinajstić information content (AvgIpc) is 3.24. The molecule has 0 radical (unpaired) electrons. The minimum Gasteiger partial charge on any atom is -0.493 e. The van der Waals surface area contributed by atoms with Crippen LogP contribution in [0, 0.1) is 0 Å². The highest BCUT2D eigenvalue weighted by Crippen LogP contribution is 2.50. The number of para-hydroxylation sites is 1. The third-order valence-electron chi connectivity index (χ3n) is 5.40. The van der Waals surface area contributed by atoms with Gasteiger partial charge in [-0.3, -0.25) is 4.98 Å². The fourth-order valence-corrected chi connectivity index (χ4v) is 4.35. The Morgan fingerprint density at radius 1 is 1.10 bits per heavy atom. The fourth-order valence-electron chi connectivity index (χ4n) is 3.94. The molecular weight excluding hydrogens is 382 g/mol. The van der Waals surface area contributed by atoms with Crippen LogP contribution in [0.25, 0.3) is 0 Å². The molecule has 0 bridgehead atoms. The molecule has 2 aliphatic rings. The SMILES string of the molecule is COc1cccc2c1O[C@@H](c1ccc(SC)cc1)N1N=C(c3cccnc3)C[C@H]21. The van der Waals surface area contributed by atoms with Crippen molar-refractivity contribution in [2.24, 2.45) is 5.10 Å². The van der Waals surface area contributed by atoms with E-state index < -0.39 is 0 Å². The van der Waals surface area contributed by atoms with Crippen LogP contribution in [0.4, 0.5) is 0 Å². The molecule has 0 aliphatic carbocycles. The first kappa shape index (κ1) is 18.1. The van der Waals surface area contributed by atoms with Crippen LogP contribution < -0.4 is 9.47 Å². The molecule has 3 aromatic rings. The zero-order valence-electron chi connectivity index (χ0n) is 16.3. The van der Waals surface area contributed by atoms with Crippen molar-refractivity contribution in [2.45, 2.75) is 23.6 Å². The minimum atomic E-state index is -0.311. The van der Waals surface area contributed by atoms with Gasteiger partial charge in [-0.1, -0.05) is 30.3 Å². The average molecular weight is 404 g/mol. The number of rotatable bonds is 4. The van der Waals surface area contributed by atoms with Gasteiger partial charge < -0.3 is 9.47 Å². The van der Waals surface area contributed by atoms with Crippen LogP contribution in [0.15, 0.2) is 77.0 Å². The third kappa shape index (κ3) is 3.13. The van der Waals surface area contributed by atoms with E-state index in [0.717, 1.165) is 40.3 Å². The van der Waals surface area contributed by atoms with Gasteiger partial charge in [-0.2, -0.15) is 5.10 Å². The molecule has 0 N–H and O–H groups in total. The maximum atomic E-state index is 6.48. The number of pyridine rings is 1. The Bertz CT molecular complexity index is 1050. The summed E-state index contributed by atoms with van der Waals surface area (Å²) >= 11 is 1.73. The zero-order valence-corrected chi connectivity index (χ0v) is 17.1. The largest absolute Gasteiger partial charge is 0.493 e. The summed E-state index contributed by atoms with van der Waals surface area (Å²) in [5, 5.41) is 7.06. The number of hydrogen-bond donors (Lipinski definition) is 0. The second-order valence-electron chi connectivity index (χ2n) is 7.01. The number of ether oxygens (including phenoxy) is 2. The minimum absolute atomic E-state index is 0.0919. The number of aromatic nitrogens is 1. The highest BCUT2D eigenvalue weighted by Gasteiger charge is 2.42. The van der Waals surface area contributed by atoms with E-state index in [9.17, 15) is 0 Å². The topological polar surface area (TPSA) is 47.0 Å². The second-order valence-corrected chi connectivity index (χ2v) is 7.89. The molecule has 146 valence electrons. The Morgan fingerprint density at radius 2 is 1.97 bits per heavy atom. The Balaban J connectivity index is 1.60. The molecule has 29 heavy (non-hydrogen) atoms. The van der Waals surface area contributed by atoms with Gasteiger partial charge in [0.25, 0.3) is 0 Å². The summed E-state index contributed by atoms with van der Waals surface area (Å²) in [6, 6.07) is 18.6. The molecule has 5 rings (SSSR count). The molecule has 2 aliphatic heterocycles. The van der Waals surface area contributed by atoms with Gasteiger partial charge in [0, 0.05) is 40.4 Å². The van der Waals surface area contributed by atoms with Gasteiger partial charge in [-0.25, -0.2) is 5.01 Å². The van der Waals surface area contributed by atoms with Gasteiger partial charge in [-0.05, 0) is 30.5 Å². The number of benzene rings is 2. The second kappa shape index (κ2) is 7.44. The van der Waals surface area contributed by atoms with Crippen molar-refractivity contribution >= 4 is 17.5 Å². The number of methoxy groups -OCH3 is 1. The van der Waals surface area contributed by atoms with E-state index in [2.05, 4.69) is 52.6 Å². The quantitative estimate of drug-likeness (QED) is 0.570. The molecule has 0 saturated heterocycles. The highest BCUT2D eigenvalue weighted by atomic mass is 32.2. The van der Waals surface area contributed by atoms with Gasteiger partial charge >= 0.3 is 0 Å². The van der Waals surface area contributed by atoms with Crippen LogP contribution in [0.1, 0.15) is 35.4 Å². The molecule has 0 unspecified atom stereocenters. The van der Waals surface area contributed by atoms with Crippen LogP contribution in [-0.2, 0) is 0 Å². The van der Waals surface area contributed by atoms with Crippen molar-refractivity contribution < 1.29 is 9.47 Å². The van der Waals surface area contributed by atoms with Gasteiger partial charge in [0.15, 0.2) is 11.5 Å². The molecular formula is C23H21N3O2S. The summed E-state index contributed by atoms with van der Waals surface area (Å²) in [6.45, 7) is 0. The van der Waals surface area contributed by atoms with Crippen LogP contribution in [0.2, 0.25) is 0 Å². The molecule has 0 amide bonds. The molecule has 5 nitrogen and oxygen atoms in total. The Hall–Kier alpha value is -2.99. The first-order chi connectivity index (χ1) is 14.3. The zero-order chi connectivity index (χ0) is 19.8. The van der Waals surface area contributed by atoms with E-state index in [-0.39, 0.29) is 12.3 Å². The lowest BCUT2D eigenvalue weighted by molar-refractivity contribution is -0.0209. The van der Waals surface area contributed by atoms with Crippen LogP contribution >= 0.6 is 11.8 Å². The van der Waals surface area contributed by atoms with Crippen LogP contribution in [-0.4, -0.2) is 29.1 Å². The monoisotopic (exact) mass is 403 g/mol. The summed E-state index contributed by atoms with van der Waals surface area (Å²) in [5.41, 5.74) is 4.24. The molecule has 2 atom stereocenters. The van der Waals surface area contributed by atoms with E-state index in [1.807, 2.05) is 24.4 Å². The van der Waals surface area contributed by atoms with Crippen molar-refractivity contribution in [1.29, 1.82) is 0 Å². The van der Waals surface area contributed by atoms with Crippen molar-refractivity contribution in [1.82, 2.24) is 9.99 Å². The molecule has 0 saturated carbocycles. The fraction of sp³-hybridized carbons (Fsp3) is 0.217. The van der Waals surface area contributed by atoms with E-state index in [0.29, 0.717) is 0 Å².